The van der Waals surface area contributed by atoms with E-state index in [9.17, 15) is 0 Å². The van der Waals surface area contributed by atoms with E-state index < -0.39 is 5.41 Å². The molecule has 0 aliphatic heterocycles. The molecule has 0 amide bonds. The Balaban J connectivity index is 1.25. The van der Waals surface area contributed by atoms with Crippen molar-refractivity contribution < 1.29 is 0 Å². The van der Waals surface area contributed by atoms with Crippen molar-refractivity contribution in [3.8, 4) is 22.3 Å². The minimum Gasteiger partial charge on any atom is -0.310 e. The standard InChI is InChI=1S/C51H41N/c1-32(2)34-17-23-38(24-18-34)52(39-25-19-35(20-26-39)33(3)4)40-27-29-42-37(31-40)21-28-45-49-41-12-6-5-11-36(41)22-30-48(49)51(50(42)45)46-15-9-7-13-43(46)44-14-8-10-16-47(44)51/h5-33H,1-4H3. The van der Waals surface area contributed by atoms with E-state index in [4.69, 9.17) is 0 Å². The summed E-state index contributed by atoms with van der Waals surface area (Å²) in [7, 11) is 0. The van der Waals surface area contributed by atoms with E-state index in [1.807, 2.05) is 0 Å². The van der Waals surface area contributed by atoms with Gasteiger partial charge in [0, 0.05) is 17.1 Å². The minimum atomic E-state index is -0.415. The number of hydrogen-bond acceptors (Lipinski definition) is 1. The van der Waals surface area contributed by atoms with Gasteiger partial charge in [0.2, 0.25) is 0 Å². The Labute approximate surface area is 306 Å². The molecule has 1 spiro atoms. The number of rotatable bonds is 5. The van der Waals surface area contributed by atoms with Gasteiger partial charge in [0.1, 0.15) is 0 Å². The molecule has 1 nitrogen and oxygen atoms in total. The van der Waals surface area contributed by atoms with Crippen LogP contribution in [0, 0.1) is 0 Å². The van der Waals surface area contributed by atoms with Crippen LogP contribution in [0.2, 0.25) is 0 Å². The fraction of sp³-hybridized carbons (Fsp3) is 0.137. The van der Waals surface area contributed by atoms with Crippen molar-refractivity contribution in [3.63, 3.8) is 0 Å². The molecular weight excluding hydrogens is 627 g/mol. The Bertz CT molecular complexity index is 2580. The maximum absolute atomic E-state index is 2.42. The third-order valence-electron chi connectivity index (χ3n) is 11.8. The van der Waals surface area contributed by atoms with E-state index in [0.717, 1.165) is 17.1 Å². The van der Waals surface area contributed by atoms with Crippen molar-refractivity contribution in [2.24, 2.45) is 0 Å². The summed E-state index contributed by atoms with van der Waals surface area (Å²) in [6.45, 7) is 9.03. The second-order valence-corrected chi connectivity index (χ2v) is 15.3. The van der Waals surface area contributed by atoms with Gasteiger partial charge in [-0.2, -0.15) is 0 Å². The molecule has 1 heteroatoms. The van der Waals surface area contributed by atoms with Crippen LogP contribution < -0.4 is 4.90 Å². The second kappa shape index (κ2) is 11.6. The summed E-state index contributed by atoms with van der Waals surface area (Å²) >= 11 is 0. The second-order valence-electron chi connectivity index (χ2n) is 15.3. The zero-order valence-electron chi connectivity index (χ0n) is 30.2. The van der Waals surface area contributed by atoms with Gasteiger partial charge in [-0.25, -0.2) is 0 Å². The van der Waals surface area contributed by atoms with Crippen LogP contribution in [0.4, 0.5) is 17.1 Å². The molecule has 0 radical (unpaired) electrons. The molecule has 0 saturated heterocycles. The van der Waals surface area contributed by atoms with Gasteiger partial charge in [-0.3, -0.25) is 0 Å². The summed E-state index contributed by atoms with van der Waals surface area (Å²) < 4.78 is 0. The molecule has 0 aromatic heterocycles. The highest BCUT2D eigenvalue weighted by molar-refractivity contribution is 6.11. The quantitative estimate of drug-likeness (QED) is 0.177. The lowest BCUT2D eigenvalue weighted by molar-refractivity contribution is 0.802. The van der Waals surface area contributed by atoms with E-state index in [1.165, 1.54) is 77.2 Å². The first kappa shape index (κ1) is 30.9. The van der Waals surface area contributed by atoms with Crippen molar-refractivity contribution in [3.05, 3.63) is 197 Å². The highest BCUT2D eigenvalue weighted by Gasteiger charge is 2.52. The Morgan fingerprint density at radius 3 is 1.56 bits per heavy atom. The number of hydrogen-bond donors (Lipinski definition) is 0. The average Bonchev–Trinajstić information content (AvgIpc) is 3.66. The first-order valence-electron chi connectivity index (χ1n) is 18.7. The van der Waals surface area contributed by atoms with Gasteiger partial charge in [0.15, 0.2) is 0 Å². The molecule has 0 N–H and O–H groups in total. The Morgan fingerprint density at radius 2 is 0.942 bits per heavy atom. The Kier molecular flexibility index (Phi) is 6.86. The van der Waals surface area contributed by atoms with Gasteiger partial charge < -0.3 is 4.90 Å². The summed E-state index contributed by atoms with van der Waals surface area (Å²) in [5.74, 6) is 0.963. The molecule has 0 fully saturated rings. The van der Waals surface area contributed by atoms with Crippen LogP contribution in [0.15, 0.2) is 164 Å². The Morgan fingerprint density at radius 1 is 0.404 bits per heavy atom. The molecule has 0 unspecified atom stereocenters. The van der Waals surface area contributed by atoms with Crippen molar-refractivity contribution in [1.29, 1.82) is 0 Å². The van der Waals surface area contributed by atoms with Crippen LogP contribution in [0.5, 0.6) is 0 Å². The number of benzene rings is 8. The number of anilines is 3. The lowest BCUT2D eigenvalue weighted by atomic mass is 9.69. The van der Waals surface area contributed by atoms with Gasteiger partial charge in [0.25, 0.3) is 0 Å². The van der Waals surface area contributed by atoms with Crippen LogP contribution in [0.3, 0.4) is 0 Å². The SMILES string of the molecule is CC(C)c1ccc(N(c2ccc(C(C)C)cc2)c2ccc3c4c(ccc3c2)-c2c(ccc3ccccc23)C42c3ccccc3-c3ccccc32)cc1. The zero-order valence-corrected chi connectivity index (χ0v) is 30.2. The van der Waals surface area contributed by atoms with Crippen LogP contribution in [0.1, 0.15) is 72.9 Å². The highest BCUT2D eigenvalue weighted by Crippen LogP contribution is 2.65. The van der Waals surface area contributed by atoms with Crippen molar-refractivity contribution >= 4 is 38.6 Å². The summed E-state index contributed by atoms with van der Waals surface area (Å²) in [5, 5.41) is 5.15. The topological polar surface area (TPSA) is 3.24 Å². The number of nitrogens with zero attached hydrogens (tertiary/aromatic N) is 1. The predicted molar refractivity (Wildman–Crippen MR) is 221 cm³/mol. The molecule has 2 aliphatic carbocycles. The highest BCUT2D eigenvalue weighted by atomic mass is 15.1. The molecule has 0 saturated carbocycles. The fourth-order valence-electron chi connectivity index (χ4n) is 9.34. The Hall–Kier alpha value is -5.92. The fourth-order valence-corrected chi connectivity index (χ4v) is 9.34. The first-order valence-corrected chi connectivity index (χ1v) is 18.7. The molecule has 0 heterocycles. The van der Waals surface area contributed by atoms with E-state index in [1.54, 1.807) is 0 Å². The summed E-state index contributed by atoms with van der Waals surface area (Å²) in [4.78, 5) is 2.42. The summed E-state index contributed by atoms with van der Waals surface area (Å²) in [6.07, 6.45) is 0. The molecule has 52 heavy (non-hydrogen) atoms. The molecule has 250 valence electrons. The van der Waals surface area contributed by atoms with Gasteiger partial charge in [0.05, 0.1) is 5.41 Å². The largest absolute Gasteiger partial charge is 0.310 e. The van der Waals surface area contributed by atoms with E-state index in [-0.39, 0.29) is 0 Å². The van der Waals surface area contributed by atoms with Gasteiger partial charge in [-0.05, 0) is 125 Å². The zero-order chi connectivity index (χ0) is 35.1. The van der Waals surface area contributed by atoms with Crippen LogP contribution in [0.25, 0.3) is 43.8 Å². The summed E-state index contributed by atoms with van der Waals surface area (Å²) in [6, 6.07) is 62.0. The van der Waals surface area contributed by atoms with E-state index in [2.05, 4.69) is 196 Å². The van der Waals surface area contributed by atoms with E-state index in [0.29, 0.717) is 11.8 Å². The van der Waals surface area contributed by atoms with Crippen LogP contribution in [-0.4, -0.2) is 0 Å². The lowest BCUT2D eigenvalue weighted by Crippen LogP contribution is -2.26. The third-order valence-corrected chi connectivity index (χ3v) is 11.8. The molecule has 0 bridgehead atoms. The summed E-state index contributed by atoms with van der Waals surface area (Å²) in [5.41, 5.74) is 16.7. The van der Waals surface area contributed by atoms with Gasteiger partial charge in [-0.15, -0.1) is 0 Å². The lowest BCUT2D eigenvalue weighted by Gasteiger charge is -2.32. The molecule has 8 aromatic carbocycles. The van der Waals surface area contributed by atoms with Crippen LogP contribution >= 0.6 is 0 Å². The first-order chi connectivity index (χ1) is 25.4. The number of fused-ring (bicyclic) bond motifs is 14. The maximum atomic E-state index is 2.42. The average molecular weight is 668 g/mol. The smallest absolute Gasteiger partial charge is 0.0731 e. The van der Waals surface area contributed by atoms with Gasteiger partial charge in [-0.1, -0.05) is 155 Å². The monoisotopic (exact) mass is 667 g/mol. The predicted octanol–water partition coefficient (Wildman–Crippen LogP) is 14.1. The normalized spacial score (nSPS) is 13.5. The van der Waals surface area contributed by atoms with Crippen LogP contribution in [-0.2, 0) is 5.41 Å². The molecule has 8 aromatic rings. The van der Waals surface area contributed by atoms with Crippen molar-refractivity contribution in [2.45, 2.75) is 44.9 Å². The van der Waals surface area contributed by atoms with Gasteiger partial charge >= 0.3 is 0 Å². The molecule has 10 rings (SSSR count). The molecule has 0 atom stereocenters. The molecular formula is C51H41N. The minimum absolute atomic E-state index is 0.415. The molecule has 2 aliphatic rings. The third kappa shape index (κ3) is 4.29. The van der Waals surface area contributed by atoms with Crippen molar-refractivity contribution in [1.82, 2.24) is 0 Å². The maximum Gasteiger partial charge on any atom is 0.0731 e. The van der Waals surface area contributed by atoms with Crippen molar-refractivity contribution in [2.75, 3.05) is 4.90 Å². The van der Waals surface area contributed by atoms with E-state index >= 15 is 0 Å².